The fraction of sp³-hybridized carbons (Fsp3) is 0.600. The number of anilines is 1. The van der Waals surface area contributed by atoms with Crippen molar-refractivity contribution in [1.82, 2.24) is 4.90 Å². The average molecular weight is 247 g/mol. The van der Waals surface area contributed by atoms with Gasteiger partial charge < -0.3 is 15.5 Å². The number of hydrogen-bond acceptors (Lipinski definition) is 3. The first-order valence-corrected chi connectivity index (χ1v) is 6.83. The highest BCUT2D eigenvalue weighted by Gasteiger charge is 2.38. The summed E-state index contributed by atoms with van der Waals surface area (Å²) in [4.78, 5) is 4.74. The molecule has 1 atom stereocenters. The Balaban J connectivity index is 2.12. The fourth-order valence-corrected chi connectivity index (χ4v) is 2.73. The van der Waals surface area contributed by atoms with Crippen LogP contribution in [0.1, 0.15) is 18.9 Å². The molecule has 1 aliphatic heterocycles. The van der Waals surface area contributed by atoms with Crippen LogP contribution in [0.5, 0.6) is 0 Å². The van der Waals surface area contributed by atoms with E-state index in [4.69, 9.17) is 5.73 Å². The van der Waals surface area contributed by atoms with Crippen molar-refractivity contribution in [3.8, 4) is 0 Å². The fourth-order valence-electron chi connectivity index (χ4n) is 2.73. The normalized spacial score (nSPS) is 23.9. The van der Waals surface area contributed by atoms with Crippen LogP contribution in [0.25, 0.3) is 0 Å². The second kappa shape index (κ2) is 5.29. The van der Waals surface area contributed by atoms with Gasteiger partial charge in [0.1, 0.15) is 0 Å². The van der Waals surface area contributed by atoms with Gasteiger partial charge in [-0.3, -0.25) is 0 Å². The Labute approximate surface area is 111 Å². The molecule has 2 N–H and O–H groups in total. The highest BCUT2D eigenvalue weighted by atomic mass is 15.3. The maximum atomic E-state index is 5.99. The number of aryl methyl sites for hydroxylation is 1. The monoisotopic (exact) mass is 247 g/mol. The first kappa shape index (κ1) is 13.4. The number of hydrogen-bond donors (Lipinski definition) is 1. The van der Waals surface area contributed by atoms with Gasteiger partial charge in [0.15, 0.2) is 0 Å². The molecule has 0 amide bonds. The van der Waals surface area contributed by atoms with Crippen LogP contribution < -0.4 is 10.6 Å². The van der Waals surface area contributed by atoms with Crippen LogP contribution in [-0.4, -0.2) is 44.2 Å². The van der Waals surface area contributed by atoms with E-state index in [-0.39, 0.29) is 5.54 Å². The molecule has 1 aliphatic rings. The van der Waals surface area contributed by atoms with Gasteiger partial charge in [0.05, 0.1) is 5.54 Å². The van der Waals surface area contributed by atoms with Crippen molar-refractivity contribution in [2.24, 2.45) is 5.73 Å². The predicted molar refractivity (Wildman–Crippen MR) is 78.1 cm³/mol. The van der Waals surface area contributed by atoms with Gasteiger partial charge in [0, 0.05) is 25.3 Å². The smallest absolute Gasteiger partial charge is 0.0518 e. The summed E-state index contributed by atoms with van der Waals surface area (Å²) < 4.78 is 0. The van der Waals surface area contributed by atoms with Gasteiger partial charge in [-0.05, 0) is 44.6 Å². The molecule has 3 nitrogen and oxygen atoms in total. The zero-order chi connectivity index (χ0) is 13.2. The lowest BCUT2D eigenvalue weighted by Crippen LogP contribution is -2.52. The number of rotatable bonds is 4. The predicted octanol–water partition coefficient (Wildman–Crippen LogP) is 1.72. The van der Waals surface area contributed by atoms with Gasteiger partial charge in [-0.15, -0.1) is 0 Å². The minimum Gasteiger partial charge on any atom is -0.370 e. The third-order valence-corrected chi connectivity index (χ3v) is 4.37. The Hall–Kier alpha value is -1.06. The first-order chi connectivity index (χ1) is 8.61. The second-order valence-corrected chi connectivity index (χ2v) is 5.51. The summed E-state index contributed by atoms with van der Waals surface area (Å²) in [6.07, 6.45) is 2.25. The number of nitrogens with two attached hydrogens (primary N) is 1. The van der Waals surface area contributed by atoms with Crippen LogP contribution in [0.4, 0.5) is 5.69 Å². The third kappa shape index (κ3) is 2.38. The Kier molecular flexibility index (Phi) is 3.93. The maximum Gasteiger partial charge on any atom is 0.0518 e. The van der Waals surface area contributed by atoms with Crippen LogP contribution in [0.15, 0.2) is 24.3 Å². The van der Waals surface area contributed by atoms with Gasteiger partial charge in [0.2, 0.25) is 0 Å². The van der Waals surface area contributed by atoms with Crippen LogP contribution in [0.2, 0.25) is 0 Å². The quantitative estimate of drug-likeness (QED) is 0.879. The molecule has 1 aromatic carbocycles. The molecule has 1 fully saturated rings. The molecule has 0 bridgehead atoms. The highest BCUT2D eigenvalue weighted by molar-refractivity contribution is 5.49. The molecule has 0 aliphatic carbocycles. The standard InChI is InChI=1S/C15H25N3/c1-4-13-5-7-14(8-6-13)18-10-9-15(11-16,12-18)17(2)3/h5-8H,4,9-12,16H2,1-3H3. The van der Waals surface area contributed by atoms with E-state index in [9.17, 15) is 0 Å². The van der Waals surface area contributed by atoms with Crippen molar-refractivity contribution in [2.75, 3.05) is 38.6 Å². The van der Waals surface area contributed by atoms with Crippen LogP contribution in [0.3, 0.4) is 0 Å². The molecular weight excluding hydrogens is 222 g/mol. The van der Waals surface area contributed by atoms with E-state index < -0.39 is 0 Å². The lowest BCUT2D eigenvalue weighted by atomic mass is 9.97. The van der Waals surface area contributed by atoms with Gasteiger partial charge in [-0.2, -0.15) is 0 Å². The second-order valence-electron chi connectivity index (χ2n) is 5.51. The van der Waals surface area contributed by atoms with Crippen molar-refractivity contribution >= 4 is 5.69 Å². The molecule has 0 radical (unpaired) electrons. The number of likely N-dealkylation sites (N-methyl/N-ethyl adjacent to an activating group) is 1. The lowest BCUT2D eigenvalue weighted by Gasteiger charge is -2.35. The Morgan fingerprint density at radius 2 is 1.94 bits per heavy atom. The zero-order valence-electron chi connectivity index (χ0n) is 11.8. The largest absolute Gasteiger partial charge is 0.370 e. The molecule has 1 heterocycles. The van der Waals surface area contributed by atoms with Crippen LogP contribution in [-0.2, 0) is 6.42 Å². The summed E-state index contributed by atoms with van der Waals surface area (Å²) in [6, 6.07) is 8.93. The summed E-state index contributed by atoms with van der Waals surface area (Å²) in [5.74, 6) is 0. The van der Waals surface area contributed by atoms with Gasteiger partial charge in [-0.25, -0.2) is 0 Å². The first-order valence-electron chi connectivity index (χ1n) is 6.83. The van der Waals surface area contributed by atoms with Crippen molar-refractivity contribution in [3.63, 3.8) is 0 Å². The minimum atomic E-state index is 0.142. The molecule has 18 heavy (non-hydrogen) atoms. The molecule has 3 heteroatoms. The van der Waals surface area contributed by atoms with Crippen LogP contribution in [0, 0.1) is 0 Å². The summed E-state index contributed by atoms with van der Waals surface area (Å²) in [5.41, 5.74) is 8.85. The van der Waals surface area contributed by atoms with Crippen LogP contribution >= 0.6 is 0 Å². The minimum absolute atomic E-state index is 0.142. The van der Waals surface area contributed by atoms with E-state index in [1.165, 1.54) is 11.3 Å². The van der Waals surface area contributed by atoms with E-state index in [0.717, 1.165) is 32.5 Å². The zero-order valence-corrected chi connectivity index (χ0v) is 11.8. The summed E-state index contributed by atoms with van der Waals surface area (Å²) in [6.45, 7) is 5.04. The number of benzene rings is 1. The molecule has 0 saturated carbocycles. The van der Waals surface area contributed by atoms with Crippen molar-refractivity contribution in [3.05, 3.63) is 29.8 Å². The topological polar surface area (TPSA) is 32.5 Å². The van der Waals surface area contributed by atoms with Gasteiger partial charge in [-0.1, -0.05) is 19.1 Å². The van der Waals surface area contributed by atoms with Gasteiger partial charge >= 0.3 is 0 Å². The Morgan fingerprint density at radius 3 is 2.39 bits per heavy atom. The van der Waals surface area contributed by atoms with E-state index >= 15 is 0 Å². The molecular formula is C15H25N3. The van der Waals surface area contributed by atoms with Crippen molar-refractivity contribution < 1.29 is 0 Å². The molecule has 0 spiro atoms. The number of nitrogens with zero attached hydrogens (tertiary/aromatic N) is 2. The molecule has 0 aromatic heterocycles. The molecule has 2 rings (SSSR count). The molecule has 1 aromatic rings. The summed E-state index contributed by atoms with van der Waals surface area (Å²) >= 11 is 0. The SMILES string of the molecule is CCc1ccc(N2CCC(CN)(N(C)C)C2)cc1. The van der Waals surface area contributed by atoms with Crippen molar-refractivity contribution in [1.29, 1.82) is 0 Å². The molecule has 100 valence electrons. The van der Waals surface area contributed by atoms with Crippen molar-refractivity contribution in [2.45, 2.75) is 25.3 Å². The van der Waals surface area contributed by atoms with E-state index in [2.05, 4.69) is 55.1 Å². The van der Waals surface area contributed by atoms with E-state index in [0.29, 0.717) is 0 Å². The maximum absolute atomic E-state index is 5.99. The molecule has 1 saturated heterocycles. The van der Waals surface area contributed by atoms with Gasteiger partial charge in [0.25, 0.3) is 0 Å². The Bertz CT molecular complexity index is 385. The summed E-state index contributed by atoms with van der Waals surface area (Å²) in [7, 11) is 4.27. The third-order valence-electron chi connectivity index (χ3n) is 4.37. The molecule has 1 unspecified atom stereocenters. The average Bonchev–Trinajstić information content (AvgIpc) is 2.84. The Morgan fingerprint density at radius 1 is 1.28 bits per heavy atom. The highest BCUT2D eigenvalue weighted by Crippen LogP contribution is 2.29. The summed E-state index contributed by atoms with van der Waals surface area (Å²) in [5, 5.41) is 0. The van der Waals surface area contributed by atoms with E-state index in [1.807, 2.05) is 0 Å². The lowest BCUT2D eigenvalue weighted by molar-refractivity contribution is 0.184. The van der Waals surface area contributed by atoms with E-state index in [1.54, 1.807) is 0 Å².